The maximum atomic E-state index is 13.4. The number of benzene rings is 1. The SMILES string of the molecule is CCC(O)Cc1nc(Cc2ccc(F)cc2F)no1. The van der Waals surface area contributed by atoms with Crippen molar-refractivity contribution in [2.75, 3.05) is 0 Å². The molecule has 1 aromatic carbocycles. The Kier molecular flexibility index (Phi) is 4.21. The number of aromatic nitrogens is 2. The van der Waals surface area contributed by atoms with Crippen LogP contribution in [0.2, 0.25) is 0 Å². The number of hydrogen-bond acceptors (Lipinski definition) is 4. The van der Waals surface area contributed by atoms with Gasteiger partial charge in [-0.3, -0.25) is 0 Å². The van der Waals surface area contributed by atoms with Gasteiger partial charge in [-0.2, -0.15) is 4.98 Å². The van der Waals surface area contributed by atoms with E-state index in [0.29, 0.717) is 23.7 Å². The van der Waals surface area contributed by atoms with E-state index in [1.54, 1.807) is 0 Å². The van der Waals surface area contributed by atoms with Gasteiger partial charge in [0.15, 0.2) is 5.82 Å². The normalized spacial score (nSPS) is 12.6. The van der Waals surface area contributed by atoms with Crippen LogP contribution in [0.25, 0.3) is 0 Å². The Morgan fingerprint density at radius 3 is 2.84 bits per heavy atom. The highest BCUT2D eigenvalue weighted by Gasteiger charge is 2.13. The number of nitrogens with zero attached hydrogens (tertiary/aromatic N) is 2. The van der Waals surface area contributed by atoms with E-state index in [9.17, 15) is 13.9 Å². The summed E-state index contributed by atoms with van der Waals surface area (Å²) in [6.07, 6.45) is 0.452. The maximum Gasteiger partial charge on any atom is 0.229 e. The second-order valence-electron chi connectivity index (χ2n) is 4.28. The Morgan fingerprint density at radius 1 is 1.37 bits per heavy atom. The van der Waals surface area contributed by atoms with Crippen LogP contribution in [0.5, 0.6) is 0 Å². The van der Waals surface area contributed by atoms with Gasteiger partial charge in [0.25, 0.3) is 0 Å². The highest BCUT2D eigenvalue weighted by molar-refractivity contribution is 5.21. The van der Waals surface area contributed by atoms with Gasteiger partial charge in [0.1, 0.15) is 11.6 Å². The monoisotopic (exact) mass is 268 g/mol. The Balaban J connectivity index is 2.07. The summed E-state index contributed by atoms with van der Waals surface area (Å²) in [5, 5.41) is 13.2. The second kappa shape index (κ2) is 5.88. The lowest BCUT2D eigenvalue weighted by atomic mass is 10.1. The number of aliphatic hydroxyl groups is 1. The van der Waals surface area contributed by atoms with E-state index in [0.717, 1.165) is 6.07 Å². The molecule has 0 aliphatic heterocycles. The predicted molar refractivity (Wildman–Crippen MR) is 63.5 cm³/mol. The predicted octanol–water partition coefficient (Wildman–Crippen LogP) is 2.25. The van der Waals surface area contributed by atoms with E-state index < -0.39 is 17.7 Å². The number of aliphatic hydroxyl groups excluding tert-OH is 1. The fourth-order valence-corrected chi connectivity index (χ4v) is 1.63. The highest BCUT2D eigenvalue weighted by Crippen LogP contribution is 2.13. The molecule has 0 bridgehead atoms. The molecule has 0 radical (unpaired) electrons. The molecule has 1 heterocycles. The molecule has 1 N–H and O–H groups in total. The molecule has 19 heavy (non-hydrogen) atoms. The number of halogens is 2. The van der Waals surface area contributed by atoms with Crippen LogP contribution in [0.1, 0.15) is 30.6 Å². The van der Waals surface area contributed by atoms with Gasteiger partial charge in [-0.25, -0.2) is 8.78 Å². The van der Waals surface area contributed by atoms with Crippen molar-refractivity contribution >= 4 is 0 Å². The minimum absolute atomic E-state index is 0.123. The Labute approximate surface area is 109 Å². The van der Waals surface area contributed by atoms with Crippen LogP contribution in [-0.4, -0.2) is 21.4 Å². The first kappa shape index (κ1) is 13.6. The molecule has 6 heteroatoms. The van der Waals surface area contributed by atoms with Gasteiger partial charge < -0.3 is 9.63 Å². The molecule has 102 valence electrons. The summed E-state index contributed by atoms with van der Waals surface area (Å²) < 4.78 is 31.2. The third kappa shape index (κ3) is 3.57. The molecule has 1 atom stereocenters. The zero-order valence-corrected chi connectivity index (χ0v) is 10.4. The summed E-state index contributed by atoms with van der Waals surface area (Å²) in [6, 6.07) is 3.35. The van der Waals surface area contributed by atoms with Crippen molar-refractivity contribution in [3.8, 4) is 0 Å². The van der Waals surface area contributed by atoms with Crippen LogP contribution in [-0.2, 0) is 12.8 Å². The summed E-state index contributed by atoms with van der Waals surface area (Å²) >= 11 is 0. The van der Waals surface area contributed by atoms with Crippen LogP contribution in [0.15, 0.2) is 22.7 Å². The maximum absolute atomic E-state index is 13.4. The van der Waals surface area contributed by atoms with Gasteiger partial charge in [0.05, 0.1) is 12.5 Å². The summed E-state index contributed by atoms with van der Waals surface area (Å²) in [5.74, 6) is -0.642. The zero-order chi connectivity index (χ0) is 13.8. The number of hydrogen-bond donors (Lipinski definition) is 1. The summed E-state index contributed by atoms with van der Waals surface area (Å²) in [7, 11) is 0. The van der Waals surface area contributed by atoms with Crippen molar-refractivity contribution in [1.29, 1.82) is 0 Å². The summed E-state index contributed by atoms with van der Waals surface area (Å²) in [6.45, 7) is 1.84. The topological polar surface area (TPSA) is 59.2 Å². The number of rotatable bonds is 5. The van der Waals surface area contributed by atoms with Crippen LogP contribution >= 0.6 is 0 Å². The molecule has 0 amide bonds. The zero-order valence-electron chi connectivity index (χ0n) is 10.4. The largest absolute Gasteiger partial charge is 0.393 e. The van der Waals surface area contributed by atoms with E-state index in [1.165, 1.54) is 12.1 Å². The molecule has 0 saturated heterocycles. The smallest absolute Gasteiger partial charge is 0.229 e. The first-order valence-corrected chi connectivity index (χ1v) is 6.02. The highest BCUT2D eigenvalue weighted by atomic mass is 19.1. The third-order valence-corrected chi connectivity index (χ3v) is 2.76. The third-order valence-electron chi connectivity index (χ3n) is 2.76. The Bertz CT molecular complexity index is 557. The Morgan fingerprint density at radius 2 is 2.16 bits per heavy atom. The molecule has 1 aromatic heterocycles. The van der Waals surface area contributed by atoms with E-state index in [1.807, 2.05) is 6.92 Å². The van der Waals surface area contributed by atoms with Gasteiger partial charge in [-0.15, -0.1) is 0 Å². The lowest BCUT2D eigenvalue weighted by molar-refractivity contribution is 0.158. The first-order chi connectivity index (χ1) is 9.08. The van der Waals surface area contributed by atoms with Crippen molar-refractivity contribution in [3.63, 3.8) is 0 Å². The molecule has 0 spiro atoms. The van der Waals surface area contributed by atoms with Crippen LogP contribution in [0.3, 0.4) is 0 Å². The van der Waals surface area contributed by atoms with Gasteiger partial charge >= 0.3 is 0 Å². The van der Waals surface area contributed by atoms with Gasteiger partial charge in [0, 0.05) is 12.5 Å². The van der Waals surface area contributed by atoms with Gasteiger partial charge in [0.2, 0.25) is 5.89 Å². The van der Waals surface area contributed by atoms with Crippen molar-refractivity contribution in [2.24, 2.45) is 0 Å². The minimum Gasteiger partial charge on any atom is -0.393 e. The van der Waals surface area contributed by atoms with E-state index in [4.69, 9.17) is 4.52 Å². The van der Waals surface area contributed by atoms with E-state index >= 15 is 0 Å². The molecule has 2 aromatic rings. The minimum atomic E-state index is -0.639. The van der Waals surface area contributed by atoms with Gasteiger partial charge in [-0.05, 0) is 18.1 Å². The molecular weight excluding hydrogens is 254 g/mol. The average Bonchev–Trinajstić information content (AvgIpc) is 2.80. The van der Waals surface area contributed by atoms with E-state index in [2.05, 4.69) is 10.1 Å². The fourth-order valence-electron chi connectivity index (χ4n) is 1.63. The molecule has 0 saturated carbocycles. The molecular formula is C13H14F2N2O2. The molecule has 4 nitrogen and oxygen atoms in total. The van der Waals surface area contributed by atoms with Crippen molar-refractivity contribution in [2.45, 2.75) is 32.3 Å². The van der Waals surface area contributed by atoms with Crippen molar-refractivity contribution in [3.05, 3.63) is 47.1 Å². The van der Waals surface area contributed by atoms with Crippen molar-refractivity contribution in [1.82, 2.24) is 10.1 Å². The molecule has 0 aliphatic rings. The first-order valence-electron chi connectivity index (χ1n) is 6.02. The van der Waals surface area contributed by atoms with E-state index in [-0.39, 0.29) is 12.8 Å². The van der Waals surface area contributed by atoms with Crippen LogP contribution < -0.4 is 0 Å². The standard InChI is InChI=1S/C13H14F2N2O2/c1-2-10(18)7-13-16-12(17-19-13)5-8-3-4-9(14)6-11(8)15/h3-4,6,10,18H,2,5,7H2,1H3. The molecule has 0 aliphatic carbocycles. The van der Waals surface area contributed by atoms with Gasteiger partial charge in [-0.1, -0.05) is 18.1 Å². The lowest BCUT2D eigenvalue weighted by Crippen LogP contribution is -2.08. The summed E-state index contributed by atoms with van der Waals surface area (Å²) in [4.78, 5) is 4.06. The second-order valence-corrected chi connectivity index (χ2v) is 4.28. The summed E-state index contributed by atoms with van der Waals surface area (Å²) in [5.41, 5.74) is 0.296. The molecule has 2 rings (SSSR count). The fraction of sp³-hybridized carbons (Fsp3) is 0.385. The Hall–Kier alpha value is -1.82. The lowest BCUT2D eigenvalue weighted by Gasteiger charge is -2.01. The van der Waals surface area contributed by atoms with Crippen LogP contribution in [0.4, 0.5) is 8.78 Å². The quantitative estimate of drug-likeness (QED) is 0.903. The van der Waals surface area contributed by atoms with Crippen molar-refractivity contribution < 1.29 is 18.4 Å². The van der Waals surface area contributed by atoms with Crippen LogP contribution in [0, 0.1) is 11.6 Å². The molecule has 1 unspecified atom stereocenters. The molecule has 0 fully saturated rings. The average molecular weight is 268 g/mol.